The maximum atomic E-state index is 12.4. The highest BCUT2D eigenvalue weighted by molar-refractivity contribution is 7.92. The van der Waals surface area contributed by atoms with E-state index >= 15 is 0 Å². The lowest BCUT2D eigenvalue weighted by Gasteiger charge is -2.11. The minimum absolute atomic E-state index is 0.0690. The number of hydrogen-bond donors (Lipinski definition) is 2. The SMILES string of the molecule is COc1cc(N)ccc1S(=O)(=O)Nc1nc(C)cc(Cl)n1. The molecule has 21 heavy (non-hydrogen) atoms. The molecule has 0 saturated heterocycles. The summed E-state index contributed by atoms with van der Waals surface area (Å²) in [6, 6.07) is 5.73. The average Bonchev–Trinajstić information content (AvgIpc) is 2.36. The lowest BCUT2D eigenvalue weighted by atomic mass is 10.3. The van der Waals surface area contributed by atoms with Gasteiger partial charge in [0.15, 0.2) is 0 Å². The number of sulfonamides is 1. The average molecular weight is 329 g/mol. The second-order valence-corrected chi connectivity index (χ2v) is 6.21. The number of nitrogens with one attached hydrogen (secondary N) is 1. The zero-order valence-corrected chi connectivity index (χ0v) is 12.9. The Morgan fingerprint density at radius 2 is 2.00 bits per heavy atom. The summed E-state index contributed by atoms with van der Waals surface area (Å²) in [5.74, 6) is 0.0140. The van der Waals surface area contributed by atoms with Gasteiger partial charge in [-0.05, 0) is 25.1 Å². The van der Waals surface area contributed by atoms with Gasteiger partial charge < -0.3 is 10.5 Å². The van der Waals surface area contributed by atoms with Crippen molar-refractivity contribution in [2.75, 3.05) is 17.6 Å². The summed E-state index contributed by atoms with van der Waals surface area (Å²) in [5.41, 5.74) is 6.53. The number of nitrogens with zero attached hydrogens (tertiary/aromatic N) is 2. The van der Waals surface area contributed by atoms with Crippen molar-refractivity contribution in [1.82, 2.24) is 9.97 Å². The maximum Gasteiger partial charge on any atom is 0.267 e. The van der Waals surface area contributed by atoms with E-state index in [0.717, 1.165) is 0 Å². The van der Waals surface area contributed by atoms with E-state index < -0.39 is 10.0 Å². The number of aromatic nitrogens is 2. The van der Waals surface area contributed by atoms with E-state index in [0.29, 0.717) is 11.4 Å². The highest BCUT2D eigenvalue weighted by Gasteiger charge is 2.21. The van der Waals surface area contributed by atoms with E-state index in [9.17, 15) is 8.42 Å². The number of ether oxygens (including phenoxy) is 1. The van der Waals surface area contributed by atoms with Crippen molar-refractivity contribution in [1.29, 1.82) is 0 Å². The molecule has 112 valence electrons. The fraction of sp³-hybridized carbons (Fsp3) is 0.167. The highest BCUT2D eigenvalue weighted by atomic mass is 35.5. The van der Waals surface area contributed by atoms with E-state index in [-0.39, 0.29) is 21.7 Å². The number of benzene rings is 1. The largest absolute Gasteiger partial charge is 0.495 e. The Labute approximate surface area is 127 Å². The second-order valence-electron chi connectivity index (χ2n) is 4.17. The van der Waals surface area contributed by atoms with Gasteiger partial charge in [0.05, 0.1) is 7.11 Å². The van der Waals surface area contributed by atoms with Crippen LogP contribution in [0.2, 0.25) is 5.15 Å². The summed E-state index contributed by atoms with van der Waals surface area (Å²) in [5, 5.41) is 0.143. The van der Waals surface area contributed by atoms with Crippen molar-refractivity contribution in [3.63, 3.8) is 0 Å². The molecule has 7 nitrogen and oxygen atoms in total. The summed E-state index contributed by atoms with van der Waals surface area (Å²) < 4.78 is 32.0. The molecule has 0 aliphatic carbocycles. The van der Waals surface area contributed by atoms with Crippen LogP contribution in [0.3, 0.4) is 0 Å². The Morgan fingerprint density at radius 1 is 1.29 bits per heavy atom. The van der Waals surface area contributed by atoms with Crippen LogP contribution in [0, 0.1) is 6.92 Å². The fourth-order valence-corrected chi connectivity index (χ4v) is 2.99. The predicted molar refractivity (Wildman–Crippen MR) is 80.0 cm³/mol. The zero-order valence-electron chi connectivity index (χ0n) is 11.3. The van der Waals surface area contributed by atoms with Crippen molar-refractivity contribution in [3.8, 4) is 5.75 Å². The van der Waals surface area contributed by atoms with E-state index in [4.69, 9.17) is 22.1 Å². The van der Waals surface area contributed by atoms with Crippen LogP contribution in [0.1, 0.15) is 5.69 Å². The molecule has 0 fully saturated rings. The van der Waals surface area contributed by atoms with Crippen LogP contribution in [0.5, 0.6) is 5.75 Å². The molecule has 0 unspecified atom stereocenters. The molecule has 1 aromatic carbocycles. The molecule has 0 radical (unpaired) electrons. The van der Waals surface area contributed by atoms with Crippen LogP contribution in [0.4, 0.5) is 11.6 Å². The Morgan fingerprint density at radius 3 is 2.62 bits per heavy atom. The fourth-order valence-electron chi connectivity index (χ4n) is 1.66. The smallest absolute Gasteiger partial charge is 0.267 e. The molecule has 9 heteroatoms. The van der Waals surface area contributed by atoms with Crippen LogP contribution in [0.25, 0.3) is 0 Å². The first-order valence-corrected chi connectivity index (χ1v) is 7.65. The molecule has 0 bridgehead atoms. The van der Waals surface area contributed by atoms with Gasteiger partial charge in [-0.2, -0.15) is 0 Å². The summed E-state index contributed by atoms with van der Waals surface area (Å²) >= 11 is 5.78. The standard InChI is InChI=1S/C12H13ClN4O3S/c1-7-5-11(13)16-12(15-7)17-21(18,19)10-4-3-8(14)6-9(10)20-2/h3-6H,14H2,1-2H3,(H,15,16,17). The van der Waals surface area contributed by atoms with Gasteiger partial charge in [-0.1, -0.05) is 11.6 Å². The Kier molecular flexibility index (Phi) is 4.19. The monoisotopic (exact) mass is 328 g/mol. The molecule has 0 spiro atoms. The first-order valence-electron chi connectivity index (χ1n) is 5.79. The normalized spacial score (nSPS) is 11.2. The molecular weight excluding hydrogens is 316 g/mol. The van der Waals surface area contributed by atoms with Crippen LogP contribution >= 0.6 is 11.6 Å². The molecule has 0 aliphatic rings. The number of nitrogens with two attached hydrogens (primary N) is 1. The number of halogens is 1. The molecule has 0 atom stereocenters. The summed E-state index contributed by atoms with van der Waals surface area (Å²) in [6.45, 7) is 1.68. The van der Waals surface area contributed by atoms with Crippen LogP contribution in [-0.2, 0) is 10.0 Å². The summed E-state index contributed by atoms with van der Waals surface area (Å²) in [7, 11) is -2.57. The summed E-state index contributed by atoms with van der Waals surface area (Å²) in [6.07, 6.45) is 0. The Bertz CT molecular complexity index is 760. The van der Waals surface area contributed by atoms with Gasteiger partial charge in [0, 0.05) is 17.4 Å². The molecule has 2 aromatic rings. The third-order valence-electron chi connectivity index (χ3n) is 2.53. The third kappa shape index (κ3) is 3.53. The second kappa shape index (κ2) is 5.74. The van der Waals surface area contributed by atoms with Crippen LogP contribution in [-0.4, -0.2) is 25.5 Å². The number of nitrogen functional groups attached to an aromatic ring is 1. The summed E-state index contributed by atoms with van der Waals surface area (Å²) in [4.78, 5) is 7.71. The van der Waals surface area contributed by atoms with Crippen LogP contribution < -0.4 is 15.2 Å². The van der Waals surface area contributed by atoms with Crippen molar-refractivity contribution >= 4 is 33.3 Å². The Balaban J connectivity index is 2.43. The van der Waals surface area contributed by atoms with Gasteiger partial charge in [-0.15, -0.1) is 0 Å². The Hall–Kier alpha value is -2.06. The zero-order chi connectivity index (χ0) is 15.6. The van der Waals surface area contributed by atoms with Crippen molar-refractivity contribution in [2.24, 2.45) is 0 Å². The van der Waals surface area contributed by atoms with E-state index in [1.165, 1.54) is 31.4 Å². The van der Waals surface area contributed by atoms with E-state index in [2.05, 4.69) is 14.7 Å². The maximum absolute atomic E-state index is 12.4. The van der Waals surface area contributed by atoms with Gasteiger partial charge >= 0.3 is 0 Å². The van der Waals surface area contributed by atoms with Gasteiger partial charge in [0.2, 0.25) is 5.95 Å². The molecule has 0 saturated carbocycles. The minimum atomic E-state index is -3.92. The number of aryl methyl sites for hydroxylation is 1. The molecule has 3 N–H and O–H groups in total. The van der Waals surface area contributed by atoms with Gasteiger partial charge in [-0.3, -0.25) is 0 Å². The molecule has 0 amide bonds. The quantitative estimate of drug-likeness (QED) is 0.655. The first kappa shape index (κ1) is 15.3. The van der Waals surface area contributed by atoms with Crippen LogP contribution in [0.15, 0.2) is 29.2 Å². The highest BCUT2D eigenvalue weighted by Crippen LogP contribution is 2.27. The van der Waals surface area contributed by atoms with Crippen molar-refractivity contribution in [3.05, 3.63) is 35.1 Å². The van der Waals surface area contributed by atoms with Gasteiger partial charge in [0.1, 0.15) is 15.8 Å². The molecule has 1 aromatic heterocycles. The molecule has 0 aliphatic heterocycles. The molecular formula is C12H13ClN4O3S. The van der Waals surface area contributed by atoms with Gasteiger partial charge in [-0.25, -0.2) is 23.1 Å². The first-order chi connectivity index (χ1) is 9.81. The van der Waals surface area contributed by atoms with Crippen molar-refractivity contribution in [2.45, 2.75) is 11.8 Å². The van der Waals surface area contributed by atoms with Gasteiger partial charge in [0.25, 0.3) is 10.0 Å². The number of anilines is 2. The molecule has 2 rings (SSSR count). The topological polar surface area (TPSA) is 107 Å². The molecule has 1 heterocycles. The lowest BCUT2D eigenvalue weighted by Crippen LogP contribution is -2.16. The van der Waals surface area contributed by atoms with Crippen molar-refractivity contribution < 1.29 is 13.2 Å². The van der Waals surface area contributed by atoms with E-state index in [1.807, 2.05) is 0 Å². The number of methoxy groups -OCH3 is 1. The lowest BCUT2D eigenvalue weighted by molar-refractivity contribution is 0.403. The van der Waals surface area contributed by atoms with E-state index in [1.54, 1.807) is 6.92 Å². The third-order valence-corrected chi connectivity index (χ3v) is 4.09. The number of rotatable bonds is 4. The predicted octanol–water partition coefficient (Wildman–Crippen LogP) is 1.83. The minimum Gasteiger partial charge on any atom is -0.495 e. The number of hydrogen-bond acceptors (Lipinski definition) is 6.